The van der Waals surface area contributed by atoms with Gasteiger partial charge in [-0.05, 0) is 38.0 Å². The van der Waals surface area contributed by atoms with Crippen LogP contribution in [0.15, 0.2) is 18.2 Å². The van der Waals surface area contributed by atoms with Crippen LogP contribution in [0.3, 0.4) is 0 Å². The second-order valence-corrected chi connectivity index (χ2v) is 4.82. The zero-order valence-electron chi connectivity index (χ0n) is 10.1. The molecule has 2 aromatic rings. The average Bonchev–Trinajstić information content (AvgIpc) is 2.58. The van der Waals surface area contributed by atoms with E-state index in [2.05, 4.69) is 12.0 Å². The molecule has 0 spiro atoms. The van der Waals surface area contributed by atoms with Crippen LogP contribution in [0.1, 0.15) is 23.7 Å². The van der Waals surface area contributed by atoms with Crippen molar-refractivity contribution in [1.82, 2.24) is 9.78 Å². The van der Waals surface area contributed by atoms with Gasteiger partial charge in [0.1, 0.15) is 5.15 Å². The lowest BCUT2D eigenvalue weighted by Crippen LogP contribution is -1.97. The van der Waals surface area contributed by atoms with E-state index >= 15 is 0 Å². The summed E-state index contributed by atoms with van der Waals surface area (Å²) >= 11 is 12.4. The number of halogens is 2. The molecule has 1 aromatic heterocycles. The Labute approximate surface area is 111 Å². The molecule has 0 unspecified atom stereocenters. The molecule has 0 aliphatic carbocycles. The minimum absolute atomic E-state index is 0.671. The van der Waals surface area contributed by atoms with E-state index in [4.69, 9.17) is 23.2 Å². The summed E-state index contributed by atoms with van der Waals surface area (Å²) in [6.07, 6.45) is 0.879. The number of hydrogen-bond donors (Lipinski definition) is 0. The molecule has 0 radical (unpaired) electrons. The molecule has 2 rings (SSSR count). The summed E-state index contributed by atoms with van der Waals surface area (Å²) in [5, 5.41) is 5.85. The minimum atomic E-state index is 0.671. The summed E-state index contributed by atoms with van der Waals surface area (Å²) in [5.74, 6) is 0. The molecular formula is C13H14Cl2N2. The molecule has 0 N–H and O–H groups in total. The maximum atomic E-state index is 6.31. The minimum Gasteiger partial charge on any atom is -0.222 e. The lowest BCUT2D eigenvalue weighted by molar-refractivity contribution is 0.863. The lowest BCUT2D eigenvalue weighted by Gasteiger charge is -2.05. The zero-order chi connectivity index (χ0) is 12.6. The van der Waals surface area contributed by atoms with Gasteiger partial charge in [0.05, 0.1) is 11.4 Å². The van der Waals surface area contributed by atoms with Crippen LogP contribution in [0, 0.1) is 13.8 Å². The molecular weight excluding hydrogens is 255 g/mol. The van der Waals surface area contributed by atoms with Gasteiger partial charge in [-0.3, -0.25) is 0 Å². The molecule has 0 amide bonds. The molecule has 0 aliphatic rings. The largest absolute Gasteiger partial charge is 0.222 e. The van der Waals surface area contributed by atoms with Crippen LogP contribution < -0.4 is 0 Å². The third-order valence-corrected chi connectivity index (χ3v) is 3.67. The Bertz CT molecular complexity index is 559. The fourth-order valence-corrected chi connectivity index (χ4v) is 2.40. The Morgan fingerprint density at radius 2 is 1.94 bits per heavy atom. The lowest BCUT2D eigenvalue weighted by atomic mass is 10.2. The van der Waals surface area contributed by atoms with Crippen molar-refractivity contribution in [3.63, 3.8) is 0 Å². The van der Waals surface area contributed by atoms with E-state index in [0.29, 0.717) is 5.15 Å². The van der Waals surface area contributed by atoms with Crippen molar-refractivity contribution in [3.8, 4) is 5.69 Å². The summed E-state index contributed by atoms with van der Waals surface area (Å²) < 4.78 is 1.74. The molecule has 17 heavy (non-hydrogen) atoms. The predicted octanol–water partition coefficient (Wildman–Crippen LogP) is 4.36. The SMILES string of the molecule is CCc1c(C)nn(-c2ccc(C)c(Cl)c2)c1Cl. The van der Waals surface area contributed by atoms with Crippen LogP contribution in [0.25, 0.3) is 5.69 Å². The predicted molar refractivity (Wildman–Crippen MR) is 72.4 cm³/mol. The van der Waals surface area contributed by atoms with Crippen LogP contribution in [0.2, 0.25) is 10.2 Å². The van der Waals surface area contributed by atoms with Crippen LogP contribution >= 0.6 is 23.2 Å². The molecule has 1 aromatic carbocycles. The van der Waals surface area contributed by atoms with Gasteiger partial charge in [0.2, 0.25) is 0 Å². The molecule has 1 heterocycles. The van der Waals surface area contributed by atoms with Crippen molar-refractivity contribution in [2.24, 2.45) is 0 Å². The van der Waals surface area contributed by atoms with Crippen molar-refractivity contribution in [2.45, 2.75) is 27.2 Å². The van der Waals surface area contributed by atoms with Crippen molar-refractivity contribution < 1.29 is 0 Å². The van der Waals surface area contributed by atoms with Gasteiger partial charge in [-0.15, -0.1) is 0 Å². The van der Waals surface area contributed by atoms with Gasteiger partial charge < -0.3 is 0 Å². The van der Waals surface area contributed by atoms with Gasteiger partial charge in [-0.25, -0.2) is 4.68 Å². The van der Waals surface area contributed by atoms with E-state index < -0.39 is 0 Å². The van der Waals surface area contributed by atoms with Crippen LogP contribution in [-0.2, 0) is 6.42 Å². The van der Waals surface area contributed by atoms with Gasteiger partial charge in [0.15, 0.2) is 0 Å². The Morgan fingerprint density at radius 3 is 2.47 bits per heavy atom. The van der Waals surface area contributed by atoms with E-state index in [1.54, 1.807) is 4.68 Å². The Morgan fingerprint density at radius 1 is 1.24 bits per heavy atom. The highest BCUT2D eigenvalue weighted by Gasteiger charge is 2.13. The third-order valence-electron chi connectivity index (χ3n) is 2.88. The average molecular weight is 269 g/mol. The second-order valence-electron chi connectivity index (χ2n) is 4.05. The fourth-order valence-electron chi connectivity index (χ4n) is 1.82. The number of benzene rings is 1. The fraction of sp³-hybridized carbons (Fsp3) is 0.308. The molecule has 0 bridgehead atoms. The molecule has 90 valence electrons. The number of nitrogens with zero attached hydrogens (tertiary/aromatic N) is 2. The van der Waals surface area contributed by atoms with E-state index in [1.165, 1.54) is 0 Å². The summed E-state index contributed by atoms with van der Waals surface area (Å²) in [4.78, 5) is 0. The standard InChI is InChI=1S/C13H14Cl2N2/c1-4-11-9(3)16-17(13(11)15)10-6-5-8(2)12(14)7-10/h5-7H,4H2,1-3H3. The first-order valence-corrected chi connectivity index (χ1v) is 6.30. The Balaban J connectivity index is 2.57. The van der Waals surface area contributed by atoms with E-state index in [-0.39, 0.29) is 0 Å². The van der Waals surface area contributed by atoms with Gasteiger partial charge in [0.25, 0.3) is 0 Å². The van der Waals surface area contributed by atoms with Crippen LogP contribution in [0.4, 0.5) is 0 Å². The smallest absolute Gasteiger partial charge is 0.136 e. The van der Waals surface area contributed by atoms with Crippen molar-refractivity contribution >= 4 is 23.2 Å². The van der Waals surface area contributed by atoms with Gasteiger partial charge in [-0.1, -0.05) is 36.2 Å². The quantitative estimate of drug-likeness (QED) is 0.792. The van der Waals surface area contributed by atoms with Gasteiger partial charge in [0, 0.05) is 10.6 Å². The van der Waals surface area contributed by atoms with E-state index in [1.807, 2.05) is 32.0 Å². The molecule has 2 nitrogen and oxygen atoms in total. The first kappa shape index (κ1) is 12.5. The maximum Gasteiger partial charge on any atom is 0.136 e. The Hall–Kier alpha value is -0.990. The first-order chi connectivity index (χ1) is 8.04. The van der Waals surface area contributed by atoms with Crippen molar-refractivity contribution in [2.75, 3.05) is 0 Å². The summed E-state index contributed by atoms with van der Waals surface area (Å²) in [5.41, 5.74) is 4.00. The highest BCUT2D eigenvalue weighted by atomic mass is 35.5. The molecule has 0 atom stereocenters. The molecule has 0 saturated heterocycles. The normalized spacial score (nSPS) is 10.9. The molecule has 0 fully saturated rings. The molecule has 0 aliphatic heterocycles. The maximum absolute atomic E-state index is 6.31. The summed E-state index contributed by atoms with van der Waals surface area (Å²) in [6.45, 7) is 6.01. The highest BCUT2D eigenvalue weighted by molar-refractivity contribution is 6.32. The number of aromatic nitrogens is 2. The first-order valence-electron chi connectivity index (χ1n) is 5.55. The number of hydrogen-bond acceptors (Lipinski definition) is 1. The zero-order valence-corrected chi connectivity index (χ0v) is 11.6. The molecule has 4 heteroatoms. The third kappa shape index (κ3) is 2.20. The Kier molecular flexibility index (Phi) is 3.45. The van der Waals surface area contributed by atoms with Gasteiger partial charge in [-0.2, -0.15) is 5.10 Å². The van der Waals surface area contributed by atoms with Crippen molar-refractivity contribution in [1.29, 1.82) is 0 Å². The second kappa shape index (κ2) is 4.71. The van der Waals surface area contributed by atoms with Crippen molar-refractivity contribution in [3.05, 3.63) is 45.2 Å². The summed E-state index contributed by atoms with van der Waals surface area (Å²) in [6, 6.07) is 5.82. The van der Waals surface area contributed by atoms with E-state index in [0.717, 1.165) is 34.0 Å². The van der Waals surface area contributed by atoms with Crippen LogP contribution in [0.5, 0.6) is 0 Å². The van der Waals surface area contributed by atoms with Gasteiger partial charge >= 0.3 is 0 Å². The van der Waals surface area contributed by atoms with E-state index in [9.17, 15) is 0 Å². The number of aryl methyl sites for hydroxylation is 2. The summed E-state index contributed by atoms with van der Waals surface area (Å²) in [7, 11) is 0. The van der Waals surface area contributed by atoms with Crippen LogP contribution in [-0.4, -0.2) is 9.78 Å². The molecule has 0 saturated carbocycles. The topological polar surface area (TPSA) is 17.8 Å². The number of rotatable bonds is 2. The monoisotopic (exact) mass is 268 g/mol. The highest BCUT2D eigenvalue weighted by Crippen LogP contribution is 2.26.